The van der Waals surface area contributed by atoms with Gasteiger partial charge in [0, 0.05) is 37.6 Å². The number of thioether (sulfide) groups is 8. The Morgan fingerprint density at radius 3 is 1.85 bits per heavy atom. The number of hydrogen-bond donors (Lipinski definition) is 2. The lowest BCUT2D eigenvalue weighted by molar-refractivity contribution is -0.139. The molecule has 1 unspecified atom stereocenters. The highest BCUT2D eigenvalue weighted by Gasteiger charge is 2.09. The van der Waals surface area contributed by atoms with E-state index in [0.29, 0.717) is 31.8 Å². The monoisotopic (exact) mass is 636 g/mol. The average Bonchev–Trinajstić information content (AvgIpc) is 2.79. The zero-order valence-corrected chi connectivity index (χ0v) is 25.1. The summed E-state index contributed by atoms with van der Waals surface area (Å²) in [5.74, 6) is 1.51. The average molecular weight is 637 g/mol. The predicted molar refractivity (Wildman–Crippen MR) is 154 cm³/mol. The Morgan fingerprint density at radius 2 is 1.27 bits per heavy atom. The fraction of sp³-hybridized carbons (Fsp3) is 0.812. The topological polar surface area (TPSA) is 127 Å². The highest BCUT2D eigenvalue weighted by molar-refractivity contribution is 8.26. The van der Waals surface area contributed by atoms with Crippen LogP contribution in [-0.2, 0) is 34.7 Å². The summed E-state index contributed by atoms with van der Waals surface area (Å²) in [6.07, 6.45) is 0. The molecule has 194 valence electrons. The number of aliphatic hydroxyl groups excluding tert-OH is 2. The molecule has 33 heavy (non-hydrogen) atoms. The molecule has 0 rings (SSSR count). The fourth-order valence-electron chi connectivity index (χ4n) is 1.42. The first kappa shape index (κ1) is 34.5. The van der Waals surface area contributed by atoms with Crippen molar-refractivity contribution in [2.75, 3.05) is 72.9 Å². The Kier molecular flexibility index (Phi) is 27.7. The molecule has 0 saturated heterocycles. The van der Waals surface area contributed by atoms with Crippen molar-refractivity contribution >= 4 is 122 Å². The van der Waals surface area contributed by atoms with Crippen molar-refractivity contribution in [1.29, 1.82) is 0 Å². The van der Waals surface area contributed by atoms with Gasteiger partial charge < -0.3 is 19.7 Å². The quantitative estimate of drug-likeness (QED) is 0.0968. The molecule has 2 N–H and O–H groups in total. The summed E-state index contributed by atoms with van der Waals surface area (Å²) in [7, 11) is -1.02. The zero-order valence-electron chi connectivity index (χ0n) is 17.7. The molecular formula is C16H28O8S9. The first-order valence-corrected chi connectivity index (χ1v) is 19.6. The summed E-state index contributed by atoms with van der Waals surface area (Å²) < 4.78 is 22.0. The van der Waals surface area contributed by atoms with E-state index in [4.69, 9.17) is 19.7 Å². The molecule has 0 aliphatic rings. The number of esters is 2. The van der Waals surface area contributed by atoms with Crippen LogP contribution in [0.2, 0.25) is 0 Å². The van der Waals surface area contributed by atoms with E-state index in [-0.39, 0.29) is 58.1 Å². The van der Waals surface area contributed by atoms with Gasteiger partial charge in [-0.05, 0) is 0 Å². The molecule has 0 aliphatic carbocycles. The van der Waals surface area contributed by atoms with Crippen molar-refractivity contribution in [1.82, 2.24) is 0 Å². The first-order valence-electron chi connectivity index (χ1n) is 9.07. The van der Waals surface area contributed by atoms with Gasteiger partial charge in [0.1, 0.15) is 11.9 Å². The summed E-state index contributed by atoms with van der Waals surface area (Å²) in [6.45, 7) is 0. The van der Waals surface area contributed by atoms with Crippen molar-refractivity contribution in [3.63, 3.8) is 0 Å². The second-order valence-corrected chi connectivity index (χ2v) is 16.1. The highest BCUT2D eigenvalue weighted by Crippen LogP contribution is 2.17. The Balaban J connectivity index is 3.51. The molecule has 0 spiro atoms. The number of carbonyl (C=O) groups is 3. The third kappa shape index (κ3) is 26.4. The van der Waals surface area contributed by atoms with Gasteiger partial charge in [-0.15, -0.1) is 82.3 Å². The van der Waals surface area contributed by atoms with Gasteiger partial charge in [-0.3, -0.25) is 18.6 Å². The van der Waals surface area contributed by atoms with E-state index in [0.717, 1.165) is 11.8 Å². The Morgan fingerprint density at radius 1 is 0.697 bits per heavy atom. The van der Waals surface area contributed by atoms with Gasteiger partial charge in [-0.1, -0.05) is 11.8 Å². The molecule has 0 aromatic heterocycles. The normalized spacial score (nSPS) is 11.8. The lowest BCUT2D eigenvalue weighted by Gasteiger charge is -2.05. The number of ether oxygens (including phenoxy) is 2. The predicted octanol–water partition coefficient (Wildman–Crippen LogP) is 2.86. The molecule has 0 amide bonds. The lowest BCUT2D eigenvalue weighted by Crippen LogP contribution is -2.10. The van der Waals surface area contributed by atoms with Crippen LogP contribution in [0.1, 0.15) is 0 Å². The molecule has 0 aromatic carbocycles. The van der Waals surface area contributed by atoms with Crippen LogP contribution in [0.15, 0.2) is 0 Å². The number of carbonyl (C=O) groups excluding carboxylic acids is 3. The lowest BCUT2D eigenvalue weighted by atomic mass is 10.8. The van der Waals surface area contributed by atoms with Crippen molar-refractivity contribution < 1.29 is 38.3 Å². The minimum atomic E-state index is -1.02. The van der Waals surface area contributed by atoms with E-state index in [2.05, 4.69) is 0 Å². The van der Waals surface area contributed by atoms with Gasteiger partial charge in [-0.25, -0.2) is 0 Å². The second-order valence-electron chi connectivity index (χ2n) is 5.22. The minimum absolute atomic E-state index is 0.0367. The fourth-order valence-corrected chi connectivity index (χ4v) is 9.60. The zero-order chi connectivity index (χ0) is 24.6. The maximum Gasteiger partial charge on any atom is 0.316 e. The van der Waals surface area contributed by atoms with Crippen molar-refractivity contribution in [2.45, 2.75) is 0 Å². The van der Waals surface area contributed by atoms with Crippen molar-refractivity contribution in [3.05, 3.63) is 0 Å². The van der Waals surface area contributed by atoms with Crippen LogP contribution >= 0.6 is 94.1 Å². The number of hydrogen-bond acceptors (Lipinski definition) is 16. The summed E-state index contributed by atoms with van der Waals surface area (Å²) >= 11 is 10.6. The molecule has 0 saturated carbocycles. The van der Waals surface area contributed by atoms with Gasteiger partial charge in [0.05, 0.1) is 34.2 Å². The van der Waals surface area contributed by atoms with E-state index < -0.39 is 10.8 Å². The molecule has 0 aliphatic heterocycles. The van der Waals surface area contributed by atoms with Crippen LogP contribution in [0.3, 0.4) is 0 Å². The molecule has 0 heterocycles. The summed E-state index contributed by atoms with van der Waals surface area (Å²) in [6, 6.07) is 0. The molecule has 0 aromatic rings. The third-order valence-electron chi connectivity index (χ3n) is 2.76. The number of rotatable bonds is 23. The highest BCUT2D eigenvalue weighted by atomic mass is 32.2. The van der Waals surface area contributed by atoms with E-state index in [1.54, 1.807) is 0 Å². The van der Waals surface area contributed by atoms with Gasteiger partial charge in [0.2, 0.25) is 0 Å². The summed E-state index contributed by atoms with van der Waals surface area (Å²) in [4.78, 5) is 34.9. The summed E-state index contributed by atoms with van der Waals surface area (Å²) in [5.41, 5.74) is 0. The van der Waals surface area contributed by atoms with Crippen LogP contribution in [0.4, 0.5) is 0 Å². The minimum Gasteiger partial charge on any atom is -0.454 e. The van der Waals surface area contributed by atoms with Gasteiger partial charge in [0.25, 0.3) is 0 Å². The van der Waals surface area contributed by atoms with Crippen LogP contribution in [-0.4, -0.2) is 104 Å². The maximum atomic E-state index is 12.0. The van der Waals surface area contributed by atoms with Gasteiger partial charge in [-0.2, -0.15) is 0 Å². The molecule has 8 nitrogen and oxygen atoms in total. The van der Waals surface area contributed by atoms with E-state index in [1.165, 1.54) is 82.3 Å². The van der Waals surface area contributed by atoms with E-state index in [9.17, 15) is 18.6 Å². The maximum absolute atomic E-state index is 12.0. The largest absolute Gasteiger partial charge is 0.454 e. The van der Waals surface area contributed by atoms with Crippen LogP contribution in [0.25, 0.3) is 0 Å². The standard InChI is InChI=1S/C16H28O8S9/c17-6-27-10-29-8-23-14(19)3-25-1-2-33(22)13-31-12-32-16(21)5-26-4-15(20)24-9-30-11-28-7-18/h17-18H,1-13H2. The van der Waals surface area contributed by atoms with E-state index in [1.807, 2.05) is 0 Å². The van der Waals surface area contributed by atoms with Crippen LogP contribution in [0.5, 0.6) is 0 Å². The first-order chi connectivity index (χ1) is 16.0. The molecule has 0 radical (unpaired) electrons. The molecule has 17 heteroatoms. The second kappa shape index (κ2) is 26.5. The summed E-state index contributed by atoms with van der Waals surface area (Å²) in [5, 5.41) is 19.4. The van der Waals surface area contributed by atoms with Crippen LogP contribution < -0.4 is 0 Å². The molecular weight excluding hydrogens is 609 g/mol. The molecule has 1 atom stereocenters. The van der Waals surface area contributed by atoms with Crippen molar-refractivity contribution in [3.8, 4) is 0 Å². The van der Waals surface area contributed by atoms with Gasteiger partial charge in [0.15, 0.2) is 5.12 Å². The van der Waals surface area contributed by atoms with E-state index >= 15 is 0 Å². The Bertz CT molecular complexity index is 556. The van der Waals surface area contributed by atoms with Gasteiger partial charge >= 0.3 is 11.9 Å². The van der Waals surface area contributed by atoms with Crippen molar-refractivity contribution in [2.24, 2.45) is 0 Å². The molecule has 0 bridgehead atoms. The number of aliphatic hydroxyl groups is 2. The Labute approximate surface area is 231 Å². The van der Waals surface area contributed by atoms with Crippen LogP contribution in [0, 0.1) is 0 Å². The smallest absolute Gasteiger partial charge is 0.316 e. The Hall–Kier alpha value is 1.48. The SMILES string of the molecule is O=C(CSCCS(=O)CSCSC(=O)CSCC(=O)OCSCSCO)OCSCSCO. The molecule has 0 fully saturated rings. The third-order valence-corrected chi connectivity index (χ3v) is 12.6.